The Morgan fingerprint density at radius 3 is 1.19 bits per heavy atom. The molecule has 2 aliphatic heterocycles. The van der Waals surface area contributed by atoms with Crippen molar-refractivity contribution in [3.05, 3.63) is 0 Å². The van der Waals surface area contributed by atoms with Crippen LogP contribution in [0.5, 0.6) is 0 Å². The second-order valence-electron chi connectivity index (χ2n) is 8.91. The number of carbonyl (C=O) groups is 1. The maximum Gasteiger partial charge on any atom is 0.320 e. The quantitative estimate of drug-likeness (QED) is 0.756. The maximum absolute atomic E-state index is 12.9. The Labute approximate surface area is 159 Å². The minimum atomic E-state index is 0.302. The standard InChI is InChI=1S/C21H38N4O/c26-21(24-15-11-22(12-16-24)19-7-3-1-4-8-19)25-17-13-23(14-18-25)20-9-5-2-6-10-20/h19-20H,1-18H2. The van der Waals surface area contributed by atoms with Crippen molar-refractivity contribution in [2.75, 3.05) is 52.4 Å². The van der Waals surface area contributed by atoms with Crippen LogP contribution >= 0.6 is 0 Å². The zero-order valence-electron chi connectivity index (χ0n) is 16.6. The Kier molecular flexibility index (Phi) is 6.36. The zero-order valence-corrected chi connectivity index (χ0v) is 16.6. The van der Waals surface area contributed by atoms with Crippen LogP contribution in [0.1, 0.15) is 64.2 Å². The summed E-state index contributed by atoms with van der Waals surface area (Å²) in [4.78, 5) is 22.5. The molecule has 0 aromatic heterocycles. The molecule has 2 saturated carbocycles. The molecule has 0 spiro atoms. The second-order valence-corrected chi connectivity index (χ2v) is 8.91. The van der Waals surface area contributed by atoms with Crippen LogP contribution in [-0.4, -0.2) is 90.1 Å². The van der Waals surface area contributed by atoms with Crippen molar-refractivity contribution in [2.45, 2.75) is 76.3 Å². The molecule has 0 bridgehead atoms. The summed E-state index contributed by atoms with van der Waals surface area (Å²) in [7, 11) is 0. The van der Waals surface area contributed by atoms with Gasteiger partial charge in [0.05, 0.1) is 0 Å². The highest BCUT2D eigenvalue weighted by molar-refractivity contribution is 5.74. The summed E-state index contributed by atoms with van der Waals surface area (Å²) in [5, 5.41) is 0. The van der Waals surface area contributed by atoms with Crippen LogP contribution < -0.4 is 0 Å². The van der Waals surface area contributed by atoms with E-state index in [1.807, 2.05) is 0 Å². The molecule has 2 aliphatic carbocycles. The number of nitrogens with zero attached hydrogens (tertiary/aromatic N) is 4. The molecule has 0 aromatic carbocycles. The molecule has 26 heavy (non-hydrogen) atoms. The van der Waals surface area contributed by atoms with Crippen LogP contribution in [0, 0.1) is 0 Å². The first kappa shape index (κ1) is 18.5. The summed E-state index contributed by atoms with van der Waals surface area (Å²) in [5.41, 5.74) is 0. The van der Waals surface area contributed by atoms with E-state index in [1.165, 1.54) is 64.2 Å². The van der Waals surface area contributed by atoms with Gasteiger partial charge in [0.15, 0.2) is 0 Å². The van der Waals surface area contributed by atoms with E-state index in [2.05, 4.69) is 19.6 Å². The largest absolute Gasteiger partial charge is 0.322 e. The Morgan fingerprint density at radius 1 is 0.500 bits per heavy atom. The van der Waals surface area contributed by atoms with Gasteiger partial charge in [0.1, 0.15) is 0 Å². The van der Waals surface area contributed by atoms with Crippen molar-refractivity contribution in [2.24, 2.45) is 0 Å². The van der Waals surface area contributed by atoms with Crippen LogP contribution in [0.4, 0.5) is 4.79 Å². The number of rotatable bonds is 2. The number of hydrogen-bond donors (Lipinski definition) is 0. The van der Waals surface area contributed by atoms with E-state index in [-0.39, 0.29) is 0 Å². The molecule has 2 amide bonds. The SMILES string of the molecule is O=C(N1CCN(C2CCCCC2)CC1)N1CCN(C2CCCCC2)CC1. The Balaban J connectivity index is 1.20. The van der Waals surface area contributed by atoms with Gasteiger partial charge in [-0.05, 0) is 25.7 Å². The highest BCUT2D eigenvalue weighted by atomic mass is 16.2. The molecule has 0 unspecified atom stereocenters. The summed E-state index contributed by atoms with van der Waals surface area (Å²) in [6.07, 6.45) is 13.9. The number of amides is 2. The summed E-state index contributed by atoms with van der Waals surface area (Å²) >= 11 is 0. The summed E-state index contributed by atoms with van der Waals surface area (Å²) in [6.45, 7) is 8.04. The van der Waals surface area contributed by atoms with Crippen molar-refractivity contribution in [3.63, 3.8) is 0 Å². The van der Waals surface area contributed by atoms with E-state index in [0.29, 0.717) is 6.03 Å². The second kappa shape index (κ2) is 8.92. The topological polar surface area (TPSA) is 30.0 Å². The van der Waals surface area contributed by atoms with Gasteiger partial charge in [0.2, 0.25) is 0 Å². The number of urea groups is 1. The van der Waals surface area contributed by atoms with E-state index in [0.717, 1.165) is 64.4 Å². The minimum absolute atomic E-state index is 0.302. The lowest BCUT2D eigenvalue weighted by Gasteiger charge is -2.44. The molecule has 5 nitrogen and oxygen atoms in total. The van der Waals surface area contributed by atoms with E-state index in [4.69, 9.17) is 0 Å². The molecule has 2 saturated heterocycles. The zero-order chi connectivity index (χ0) is 17.8. The molecule has 0 atom stereocenters. The van der Waals surface area contributed by atoms with E-state index >= 15 is 0 Å². The smallest absolute Gasteiger partial charge is 0.320 e. The van der Waals surface area contributed by atoms with Gasteiger partial charge in [-0.3, -0.25) is 9.80 Å². The molecule has 4 aliphatic rings. The Bertz CT molecular complexity index is 403. The number of piperazine rings is 2. The average Bonchev–Trinajstić information content (AvgIpc) is 2.75. The van der Waals surface area contributed by atoms with Crippen LogP contribution in [0.2, 0.25) is 0 Å². The third-order valence-electron chi connectivity index (χ3n) is 7.35. The predicted molar refractivity (Wildman–Crippen MR) is 105 cm³/mol. The fraction of sp³-hybridized carbons (Fsp3) is 0.952. The van der Waals surface area contributed by atoms with E-state index in [9.17, 15) is 4.79 Å². The maximum atomic E-state index is 12.9. The van der Waals surface area contributed by atoms with E-state index < -0.39 is 0 Å². The van der Waals surface area contributed by atoms with Crippen LogP contribution in [0.15, 0.2) is 0 Å². The predicted octanol–water partition coefficient (Wildman–Crippen LogP) is 3.01. The number of hydrogen-bond acceptors (Lipinski definition) is 3. The lowest BCUT2D eigenvalue weighted by molar-refractivity contribution is 0.0563. The van der Waals surface area contributed by atoms with Crippen molar-refractivity contribution in [1.29, 1.82) is 0 Å². The summed E-state index contributed by atoms with van der Waals surface area (Å²) in [6, 6.07) is 1.89. The fourth-order valence-corrected chi connectivity index (χ4v) is 5.65. The Hall–Kier alpha value is -0.810. The van der Waals surface area contributed by atoms with Gasteiger partial charge in [-0.15, -0.1) is 0 Å². The molecule has 0 N–H and O–H groups in total. The lowest BCUT2D eigenvalue weighted by atomic mass is 9.94. The lowest BCUT2D eigenvalue weighted by Crippen LogP contribution is -2.59. The molecule has 4 rings (SSSR count). The van der Waals surface area contributed by atoms with Gasteiger partial charge in [-0.2, -0.15) is 0 Å². The molecule has 148 valence electrons. The third-order valence-corrected chi connectivity index (χ3v) is 7.35. The van der Waals surface area contributed by atoms with Gasteiger partial charge in [-0.1, -0.05) is 38.5 Å². The molecular formula is C21H38N4O. The first-order chi connectivity index (χ1) is 12.8. The summed E-state index contributed by atoms with van der Waals surface area (Å²) < 4.78 is 0. The van der Waals surface area contributed by atoms with Gasteiger partial charge in [0, 0.05) is 64.4 Å². The molecule has 4 fully saturated rings. The fourth-order valence-electron chi connectivity index (χ4n) is 5.65. The van der Waals surface area contributed by atoms with Crippen molar-refractivity contribution in [1.82, 2.24) is 19.6 Å². The van der Waals surface area contributed by atoms with Gasteiger partial charge >= 0.3 is 6.03 Å². The Morgan fingerprint density at radius 2 is 0.846 bits per heavy atom. The van der Waals surface area contributed by atoms with Gasteiger partial charge in [0.25, 0.3) is 0 Å². The van der Waals surface area contributed by atoms with Crippen molar-refractivity contribution >= 4 is 6.03 Å². The van der Waals surface area contributed by atoms with Crippen LogP contribution in [-0.2, 0) is 0 Å². The summed E-state index contributed by atoms with van der Waals surface area (Å²) in [5.74, 6) is 0. The molecule has 5 heteroatoms. The molecule has 2 heterocycles. The first-order valence-electron chi connectivity index (χ1n) is 11.3. The highest BCUT2D eigenvalue weighted by Gasteiger charge is 2.32. The van der Waals surface area contributed by atoms with Crippen molar-refractivity contribution < 1.29 is 4.79 Å². The van der Waals surface area contributed by atoms with Crippen LogP contribution in [0.25, 0.3) is 0 Å². The number of carbonyl (C=O) groups excluding carboxylic acids is 1. The molecule has 0 radical (unpaired) electrons. The average molecular weight is 363 g/mol. The van der Waals surface area contributed by atoms with Crippen molar-refractivity contribution in [3.8, 4) is 0 Å². The van der Waals surface area contributed by atoms with Gasteiger partial charge < -0.3 is 9.80 Å². The third kappa shape index (κ3) is 4.36. The van der Waals surface area contributed by atoms with Crippen LogP contribution in [0.3, 0.4) is 0 Å². The molecule has 0 aromatic rings. The first-order valence-corrected chi connectivity index (χ1v) is 11.3. The minimum Gasteiger partial charge on any atom is -0.322 e. The van der Waals surface area contributed by atoms with E-state index in [1.54, 1.807) is 0 Å². The monoisotopic (exact) mass is 362 g/mol. The van der Waals surface area contributed by atoms with Gasteiger partial charge in [-0.25, -0.2) is 4.79 Å². The normalized spacial score (nSPS) is 28.5. The molecular weight excluding hydrogens is 324 g/mol. The highest BCUT2D eigenvalue weighted by Crippen LogP contribution is 2.25.